The Hall–Kier alpha value is -1.37. The van der Waals surface area contributed by atoms with E-state index in [-0.39, 0.29) is 0 Å². The number of nitrogens with zero attached hydrogens (tertiary/aromatic N) is 2. The lowest BCUT2D eigenvalue weighted by molar-refractivity contribution is -0.114. The summed E-state index contributed by atoms with van der Waals surface area (Å²) in [5, 5.41) is 11.6. The van der Waals surface area contributed by atoms with Crippen molar-refractivity contribution < 1.29 is 9.53 Å². The first-order valence-electron chi connectivity index (χ1n) is 6.13. The van der Waals surface area contributed by atoms with Crippen LogP contribution in [0.2, 0.25) is 0 Å². The molecule has 0 aliphatic carbocycles. The maximum absolute atomic E-state index is 11.3. The summed E-state index contributed by atoms with van der Waals surface area (Å²) >= 11 is 12.2. The number of halogens is 2. The number of rotatable bonds is 6. The number of carbonyl (C=O) groups is 1. The molecule has 0 aliphatic rings. The van der Waals surface area contributed by atoms with Crippen molar-refractivity contribution in [1.29, 1.82) is 0 Å². The molecule has 1 N–H and O–H groups in total. The molecule has 0 bridgehead atoms. The van der Waals surface area contributed by atoms with Crippen LogP contribution in [0.5, 0.6) is 5.75 Å². The molecule has 1 aromatic heterocycles. The van der Waals surface area contributed by atoms with Crippen LogP contribution in [0, 0.1) is 0 Å². The largest absolute Gasteiger partial charge is 0.497 e. The van der Waals surface area contributed by atoms with Gasteiger partial charge >= 0.3 is 0 Å². The van der Waals surface area contributed by atoms with Crippen molar-refractivity contribution in [1.82, 2.24) is 10.2 Å². The summed E-state index contributed by atoms with van der Waals surface area (Å²) < 4.78 is 5.11. The van der Waals surface area contributed by atoms with Crippen LogP contribution in [0.1, 0.15) is 10.6 Å². The third kappa shape index (κ3) is 4.84. The fourth-order valence-electron chi connectivity index (χ4n) is 1.61. The predicted molar refractivity (Wildman–Crippen MR) is 84.4 cm³/mol. The molecule has 0 atom stereocenters. The maximum Gasteiger partial charge on any atom is 0.259 e. The maximum atomic E-state index is 11.3. The number of benzene rings is 1. The minimum absolute atomic E-state index is 0.399. The SMILES string of the molecule is COc1ccc(CCc2nnc(NC(=O)C(Cl)Cl)s2)cc1. The van der Waals surface area contributed by atoms with Gasteiger partial charge in [0.05, 0.1) is 7.11 Å². The van der Waals surface area contributed by atoms with Gasteiger partial charge in [0.2, 0.25) is 5.13 Å². The Morgan fingerprint density at radius 2 is 2.00 bits per heavy atom. The van der Waals surface area contributed by atoms with E-state index in [0.29, 0.717) is 5.13 Å². The van der Waals surface area contributed by atoms with Gasteiger partial charge in [0, 0.05) is 6.42 Å². The highest BCUT2D eigenvalue weighted by molar-refractivity contribution is 7.15. The Labute approximate surface area is 136 Å². The molecule has 1 heterocycles. The van der Waals surface area contributed by atoms with Gasteiger partial charge in [-0.1, -0.05) is 46.7 Å². The lowest BCUT2D eigenvalue weighted by Crippen LogP contribution is -2.18. The van der Waals surface area contributed by atoms with Gasteiger partial charge in [-0.2, -0.15) is 0 Å². The standard InChI is InChI=1S/C13H13Cl2N3O2S/c1-20-9-5-2-8(3-6-9)4-7-10-17-18-13(21-10)16-12(19)11(14)15/h2-3,5-6,11H,4,7H2,1H3,(H,16,18,19). The van der Waals surface area contributed by atoms with E-state index in [0.717, 1.165) is 23.6 Å². The fraction of sp³-hybridized carbons (Fsp3) is 0.308. The van der Waals surface area contributed by atoms with E-state index in [9.17, 15) is 4.79 Å². The molecule has 21 heavy (non-hydrogen) atoms. The van der Waals surface area contributed by atoms with E-state index in [2.05, 4.69) is 15.5 Å². The van der Waals surface area contributed by atoms with E-state index in [4.69, 9.17) is 27.9 Å². The lowest BCUT2D eigenvalue weighted by Gasteiger charge is -2.02. The van der Waals surface area contributed by atoms with Gasteiger partial charge in [-0.15, -0.1) is 10.2 Å². The van der Waals surface area contributed by atoms with Crippen molar-refractivity contribution in [3.05, 3.63) is 34.8 Å². The van der Waals surface area contributed by atoms with Crippen molar-refractivity contribution >= 4 is 45.6 Å². The second-order valence-corrected chi connectivity index (χ2v) is 6.30. The highest BCUT2D eigenvalue weighted by Gasteiger charge is 2.14. The lowest BCUT2D eigenvalue weighted by atomic mass is 10.1. The average molecular weight is 346 g/mol. The topological polar surface area (TPSA) is 64.1 Å². The van der Waals surface area contributed by atoms with Crippen LogP contribution >= 0.6 is 34.5 Å². The van der Waals surface area contributed by atoms with Gasteiger partial charge in [0.1, 0.15) is 10.8 Å². The minimum atomic E-state index is -1.11. The molecule has 2 aromatic rings. The monoisotopic (exact) mass is 345 g/mol. The molecule has 0 fully saturated rings. The average Bonchev–Trinajstić information content (AvgIpc) is 2.93. The second-order valence-electron chi connectivity index (χ2n) is 4.14. The van der Waals surface area contributed by atoms with Crippen molar-refractivity contribution in [3.63, 3.8) is 0 Å². The third-order valence-electron chi connectivity index (χ3n) is 2.68. The number of aromatic nitrogens is 2. The number of ether oxygens (including phenoxy) is 1. The number of aryl methyl sites for hydroxylation is 2. The van der Waals surface area contributed by atoms with Crippen LogP contribution in [-0.2, 0) is 17.6 Å². The fourth-order valence-corrected chi connectivity index (χ4v) is 2.46. The van der Waals surface area contributed by atoms with E-state index in [1.807, 2.05) is 24.3 Å². The molecule has 0 aliphatic heterocycles. The molecule has 8 heteroatoms. The van der Waals surface area contributed by atoms with Crippen LogP contribution < -0.4 is 10.1 Å². The first-order valence-corrected chi connectivity index (χ1v) is 7.81. The van der Waals surface area contributed by atoms with Gasteiger partial charge in [0.25, 0.3) is 5.91 Å². The zero-order valence-electron chi connectivity index (χ0n) is 11.2. The van der Waals surface area contributed by atoms with E-state index < -0.39 is 10.7 Å². The smallest absolute Gasteiger partial charge is 0.259 e. The molecule has 1 aromatic carbocycles. The van der Waals surface area contributed by atoms with Gasteiger partial charge in [-0.05, 0) is 24.1 Å². The van der Waals surface area contributed by atoms with E-state index in [1.165, 1.54) is 16.9 Å². The Balaban J connectivity index is 1.88. The highest BCUT2D eigenvalue weighted by Crippen LogP contribution is 2.19. The third-order valence-corrected chi connectivity index (χ3v) is 3.98. The van der Waals surface area contributed by atoms with E-state index >= 15 is 0 Å². The zero-order valence-corrected chi connectivity index (χ0v) is 13.5. The van der Waals surface area contributed by atoms with Crippen LogP contribution in [0.25, 0.3) is 0 Å². The number of nitrogens with one attached hydrogen (secondary N) is 1. The Morgan fingerprint density at radius 1 is 1.29 bits per heavy atom. The quantitative estimate of drug-likeness (QED) is 0.817. The first-order chi connectivity index (χ1) is 10.1. The van der Waals surface area contributed by atoms with Gasteiger partial charge in [0.15, 0.2) is 4.84 Å². The number of amides is 1. The highest BCUT2D eigenvalue weighted by atomic mass is 35.5. The summed E-state index contributed by atoms with van der Waals surface area (Å²) in [6.45, 7) is 0. The summed E-state index contributed by atoms with van der Waals surface area (Å²) in [5.74, 6) is 0.326. The predicted octanol–water partition coefficient (Wildman–Crippen LogP) is 3.07. The second kappa shape index (κ2) is 7.59. The number of carbonyl (C=O) groups excluding carboxylic acids is 1. The zero-order chi connectivity index (χ0) is 15.2. The molecular formula is C13H13Cl2N3O2S. The molecule has 0 unspecified atom stereocenters. The minimum Gasteiger partial charge on any atom is -0.497 e. The number of anilines is 1. The molecule has 0 saturated carbocycles. The van der Waals surface area contributed by atoms with Crippen molar-refractivity contribution in [2.45, 2.75) is 17.7 Å². The molecule has 0 radical (unpaired) electrons. The van der Waals surface area contributed by atoms with Crippen molar-refractivity contribution in [2.75, 3.05) is 12.4 Å². The summed E-state index contributed by atoms with van der Waals surface area (Å²) in [6, 6.07) is 7.85. The summed E-state index contributed by atoms with van der Waals surface area (Å²) in [6.07, 6.45) is 1.57. The molecule has 0 saturated heterocycles. The molecule has 5 nitrogen and oxygen atoms in total. The van der Waals surface area contributed by atoms with E-state index in [1.54, 1.807) is 7.11 Å². The van der Waals surface area contributed by atoms with Gasteiger partial charge < -0.3 is 4.74 Å². The molecular weight excluding hydrogens is 333 g/mol. The molecule has 112 valence electrons. The van der Waals surface area contributed by atoms with Crippen molar-refractivity contribution in [3.8, 4) is 5.75 Å². The Bertz CT molecular complexity index is 602. The molecule has 1 amide bonds. The Kier molecular flexibility index (Phi) is 5.78. The van der Waals surface area contributed by atoms with Crippen molar-refractivity contribution in [2.24, 2.45) is 0 Å². The Morgan fingerprint density at radius 3 is 2.62 bits per heavy atom. The van der Waals surface area contributed by atoms with Gasteiger partial charge in [-0.3, -0.25) is 10.1 Å². The number of alkyl halides is 2. The number of methoxy groups -OCH3 is 1. The first kappa shape index (κ1) is 16.0. The number of hydrogen-bond donors (Lipinski definition) is 1. The van der Waals surface area contributed by atoms with Crippen LogP contribution in [0.4, 0.5) is 5.13 Å². The van der Waals surface area contributed by atoms with Crippen LogP contribution in [0.15, 0.2) is 24.3 Å². The molecule has 0 spiro atoms. The van der Waals surface area contributed by atoms with Gasteiger partial charge in [-0.25, -0.2) is 0 Å². The van der Waals surface area contributed by atoms with Crippen LogP contribution in [-0.4, -0.2) is 28.1 Å². The normalized spacial score (nSPS) is 10.7. The van der Waals surface area contributed by atoms with Crippen LogP contribution in [0.3, 0.4) is 0 Å². The summed E-state index contributed by atoms with van der Waals surface area (Å²) in [7, 11) is 1.64. The molecule has 2 rings (SSSR count). The summed E-state index contributed by atoms with van der Waals surface area (Å²) in [5.41, 5.74) is 1.18. The number of hydrogen-bond acceptors (Lipinski definition) is 5. The summed E-state index contributed by atoms with van der Waals surface area (Å²) in [4.78, 5) is 10.2.